The molecule has 1 aromatic carbocycles. The van der Waals surface area contributed by atoms with Crippen LogP contribution in [0.1, 0.15) is 23.4 Å². The summed E-state index contributed by atoms with van der Waals surface area (Å²) in [6.07, 6.45) is -3.14. The van der Waals surface area contributed by atoms with Crippen molar-refractivity contribution in [2.24, 2.45) is 0 Å². The van der Waals surface area contributed by atoms with Crippen molar-refractivity contribution in [1.29, 1.82) is 0 Å². The van der Waals surface area contributed by atoms with Crippen molar-refractivity contribution >= 4 is 27.8 Å². The Labute approximate surface area is 166 Å². The van der Waals surface area contributed by atoms with E-state index in [1.165, 1.54) is 13.3 Å². The van der Waals surface area contributed by atoms with Gasteiger partial charge in [0.2, 0.25) is 11.9 Å². The molecule has 1 N–H and O–H groups in total. The number of carbonyl (C=O) groups is 1. The number of nitrogens with one attached hydrogen (secondary N) is 1. The third-order valence-electron chi connectivity index (χ3n) is 3.93. The quantitative estimate of drug-likeness (QED) is 0.614. The first-order valence-electron chi connectivity index (χ1n) is 8.27. The molecule has 11 heteroatoms. The van der Waals surface area contributed by atoms with Crippen LogP contribution in [0.5, 0.6) is 0 Å². The second-order valence-electron chi connectivity index (χ2n) is 6.02. The number of halogens is 4. The molecule has 0 spiro atoms. The van der Waals surface area contributed by atoms with Crippen LogP contribution < -0.4 is 5.32 Å². The minimum Gasteiger partial charge on any atom is -0.293 e. The zero-order valence-electron chi connectivity index (χ0n) is 14.7. The molecule has 0 aliphatic heterocycles. The molecule has 0 bridgehead atoms. The van der Waals surface area contributed by atoms with Crippen molar-refractivity contribution in [2.45, 2.75) is 32.6 Å². The lowest BCUT2D eigenvalue weighted by Gasteiger charge is -2.04. The highest BCUT2D eigenvalue weighted by Crippen LogP contribution is 2.35. The monoisotopic (exact) mass is 456 g/mol. The van der Waals surface area contributed by atoms with E-state index in [1.54, 1.807) is 4.68 Å². The van der Waals surface area contributed by atoms with Crippen LogP contribution in [0.15, 0.2) is 41.1 Å². The lowest BCUT2D eigenvalue weighted by atomic mass is 10.2. The van der Waals surface area contributed by atoms with Crippen LogP contribution in [0, 0.1) is 6.92 Å². The number of anilines is 1. The average molecular weight is 457 g/mol. The van der Waals surface area contributed by atoms with Gasteiger partial charge in [-0.15, -0.1) is 5.10 Å². The SMILES string of the molecule is Cc1c(Br)c(C(F)(F)F)nn1CCC(=O)Nc1ncn(Cc2ccccc2)n1. The zero-order chi connectivity index (χ0) is 20.3. The first-order valence-corrected chi connectivity index (χ1v) is 9.06. The summed E-state index contributed by atoms with van der Waals surface area (Å²) >= 11 is 2.90. The molecule has 0 fully saturated rings. The van der Waals surface area contributed by atoms with Crippen molar-refractivity contribution in [3.63, 3.8) is 0 Å². The predicted octanol–water partition coefficient (Wildman–Crippen LogP) is 3.64. The van der Waals surface area contributed by atoms with E-state index in [9.17, 15) is 18.0 Å². The highest BCUT2D eigenvalue weighted by atomic mass is 79.9. The Morgan fingerprint density at radius 3 is 2.57 bits per heavy atom. The van der Waals surface area contributed by atoms with E-state index in [0.717, 1.165) is 10.2 Å². The smallest absolute Gasteiger partial charge is 0.293 e. The van der Waals surface area contributed by atoms with Crippen LogP contribution in [-0.2, 0) is 24.1 Å². The minimum absolute atomic E-state index is 0.00291. The van der Waals surface area contributed by atoms with Gasteiger partial charge in [0.1, 0.15) is 6.33 Å². The van der Waals surface area contributed by atoms with Gasteiger partial charge in [-0.25, -0.2) is 9.67 Å². The van der Waals surface area contributed by atoms with Crippen molar-refractivity contribution < 1.29 is 18.0 Å². The maximum absolute atomic E-state index is 12.9. The number of hydrogen-bond donors (Lipinski definition) is 1. The molecular formula is C17H16BrF3N6O. The molecular weight excluding hydrogens is 441 g/mol. The minimum atomic E-state index is -4.56. The summed E-state index contributed by atoms with van der Waals surface area (Å²) in [5.74, 6) is -0.285. The van der Waals surface area contributed by atoms with Crippen LogP contribution >= 0.6 is 15.9 Å². The van der Waals surface area contributed by atoms with Gasteiger partial charge in [0.15, 0.2) is 5.69 Å². The molecule has 3 rings (SSSR count). The summed E-state index contributed by atoms with van der Waals surface area (Å²) in [6, 6.07) is 9.62. The molecule has 0 saturated heterocycles. The Morgan fingerprint density at radius 2 is 1.93 bits per heavy atom. The van der Waals surface area contributed by atoms with Gasteiger partial charge < -0.3 is 0 Å². The standard InChI is InChI=1S/C17H16BrF3N6O/c1-11-14(18)15(17(19,20)21)24-27(11)8-7-13(28)23-16-22-10-26(25-16)9-12-5-3-2-4-6-12/h2-6,10H,7-9H2,1H3,(H,23,25,28). The van der Waals surface area contributed by atoms with Gasteiger partial charge in [-0.2, -0.15) is 18.3 Å². The van der Waals surface area contributed by atoms with Crippen LogP contribution in [0.3, 0.4) is 0 Å². The van der Waals surface area contributed by atoms with Crippen LogP contribution in [0.4, 0.5) is 19.1 Å². The number of aryl methyl sites for hydroxylation is 1. The van der Waals surface area contributed by atoms with Crippen LogP contribution in [0.2, 0.25) is 0 Å². The fraction of sp³-hybridized carbons (Fsp3) is 0.294. The van der Waals surface area contributed by atoms with Gasteiger partial charge in [-0.3, -0.25) is 14.8 Å². The van der Waals surface area contributed by atoms with Crippen LogP contribution in [-0.4, -0.2) is 30.5 Å². The van der Waals surface area contributed by atoms with Gasteiger partial charge in [0.05, 0.1) is 23.3 Å². The van der Waals surface area contributed by atoms with E-state index < -0.39 is 17.8 Å². The molecule has 7 nitrogen and oxygen atoms in total. The van der Waals surface area contributed by atoms with Crippen molar-refractivity contribution in [3.05, 3.63) is 58.1 Å². The second kappa shape index (κ2) is 8.13. The molecule has 2 aromatic heterocycles. The number of nitrogens with zero attached hydrogens (tertiary/aromatic N) is 5. The van der Waals surface area contributed by atoms with E-state index in [2.05, 4.69) is 36.4 Å². The predicted molar refractivity (Wildman–Crippen MR) is 98.5 cm³/mol. The van der Waals surface area contributed by atoms with Gasteiger partial charge in [0, 0.05) is 6.42 Å². The summed E-state index contributed by atoms with van der Waals surface area (Å²) in [5.41, 5.74) is 0.322. The molecule has 0 unspecified atom stereocenters. The van der Waals surface area contributed by atoms with Gasteiger partial charge in [0.25, 0.3) is 0 Å². The summed E-state index contributed by atoms with van der Waals surface area (Å²) in [5, 5.41) is 10.2. The Bertz CT molecular complexity index is 967. The summed E-state index contributed by atoms with van der Waals surface area (Å²) in [7, 11) is 0. The normalized spacial score (nSPS) is 11.6. The van der Waals surface area contributed by atoms with E-state index in [-0.39, 0.29) is 23.4 Å². The third-order valence-corrected chi connectivity index (χ3v) is 4.88. The lowest BCUT2D eigenvalue weighted by molar-refractivity contribution is -0.142. The van der Waals surface area contributed by atoms with Crippen molar-refractivity contribution in [2.75, 3.05) is 5.32 Å². The number of benzene rings is 1. The molecule has 0 radical (unpaired) electrons. The Balaban J connectivity index is 1.57. The highest BCUT2D eigenvalue weighted by Gasteiger charge is 2.37. The zero-order valence-corrected chi connectivity index (χ0v) is 16.3. The molecule has 3 aromatic rings. The average Bonchev–Trinajstić information content (AvgIpc) is 3.19. The molecule has 0 aliphatic carbocycles. The topological polar surface area (TPSA) is 77.6 Å². The number of aromatic nitrogens is 5. The van der Waals surface area contributed by atoms with Gasteiger partial charge in [-0.05, 0) is 28.4 Å². The number of hydrogen-bond acceptors (Lipinski definition) is 4. The molecule has 28 heavy (non-hydrogen) atoms. The first kappa shape index (κ1) is 20.1. The Kier molecular flexibility index (Phi) is 5.82. The number of rotatable bonds is 6. The highest BCUT2D eigenvalue weighted by molar-refractivity contribution is 9.10. The Hall–Kier alpha value is -2.69. The van der Waals surface area contributed by atoms with E-state index in [4.69, 9.17) is 0 Å². The molecule has 1 amide bonds. The first-order chi connectivity index (χ1) is 13.2. The number of carbonyl (C=O) groups excluding carboxylic acids is 1. The molecule has 2 heterocycles. The van der Waals surface area contributed by atoms with Gasteiger partial charge >= 0.3 is 6.18 Å². The lowest BCUT2D eigenvalue weighted by Crippen LogP contribution is -2.17. The van der Waals surface area contributed by atoms with Gasteiger partial charge in [-0.1, -0.05) is 30.3 Å². The second-order valence-corrected chi connectivity index (χ2v) is 6.81. The largest absolute Gasteiger partial charge is 0.436 e. The number of amides is 1. The van der Waals surface area contributed by atoms with E-state index >= 15 is 0 Å². The van der Waals surface area contributed by atoms with Crippen LogP contribution in [0.25, 0.3) is 0 Å². The molecule has 0 atom stereocenters. The maximum Gasteiger partial charge on any atom is 0.436 e. The maximum atomic E-state index is 12.9. The van der Waals surface area contributed by atoms with Crippen molar-refractivity contribution in [3.8, 4) is 0 Å². The summed E-state index contributed by atoms with van der Waals surface area (Å²) in [4.78, 5) is 16.1. The molecule has 0 saturated carbocycles. The number of alkyl halides is 3. The Morgan fingerprint density at radius 1 is 1.21 bits per heavy atom. The van der Waals surface area contributed by atoms with Crippen molar-refractivity contribution in [1.82, 2.24) is 24.5 Å². The van der Waals surface area contributed by atoms with E-state index in [0.29, 0.717) is 12.2 Å². The fourth-order valence-electron chi connectivity index (χ4n) is 2.52. The van der Waals surface area contributed by atoms with E-state index in [1.807, 2.05) is 30.3 Å². The summed E-state index contributed by atoms with van der Waals surface area (Å²) in [6.45, 7) is 2.00. The fourth-order valence-corrected chi connectivity index (χ4v) is 3.03. The molecule has 148 valence electrons. The molecule has 0 aliphatic rings. The summed E-state index contributed by atoms with van der Waals surface area (Å²) < 4.78 is 41.3. The third kappa shape index (κ3) is 4.77.